The molecular weight excluding hydrogens is 320 g/mol. The summed E-state index contributed by atoms with van der Waals surface area (Å²) in [7, 11) is 0. The minimum atomic E-state index is -1.09. The summed E-state index contributed by atoms with van der Waals surface area (Å²) < 4.78 is 0. The smallest absolute Gasteiger partial charge is 0.325 e. The summed E-state index contributed by atoms with van der Waals surface area (Å²) >= 11 is 0. The van der Waals surface area contributed by atoms with Crippen molar-refractivity contribution in [1.29, 1.82) is 0 Å². The van der Waals surface area contributed by atoms with Crippen molar-refractivity contribution >= 4 is 23.5 Å². The van der Waals surface area contributed by atoms with Gasteiger partial charge in [-0.05, 0) is 55.9 Å². The van der Waals surface area contributed by atoms with Crippen LogP contribution in [0.15, 0.2) is 24.3 Å². The van der Waals surface area contributed by atoms with Gasteiger partial charge in [-0.1, -0.05) is 20.3 Å². The van der Waals surface area contributed by atoms with E-state index in [1.807, 2.05) is 0 Å². The van der Waals surface area contributed by atoms with Crippen LogP contribution in [-0.2, 0) is 9.59 Å². The van der Waals surface area contributed by atoms with Crippen molar-refractivity contribution in [3.63, 3.8) is 0 Å². The largest absolute Gasteiger partial charge is 0.480 e. The van der Waals surface area contributed by atoms with E-state index in [1.165, 1.54) is 6.92 Å². The number of hydrogen-bond acceptors (Lipinski definition) is 3. The molecule has 0 bridgehead atoms. The highest BCUT2D eigenvalue weighted by Crippen LogP contribution is 2.38. The molecule has 0 heterocycles. The monoisotopic (exact) mass is 346 g/mol. The third-order valence-electron chi connectivity index (χ3n) is 4.71. The number of carbonyl (C=O) groups excluding carboxylic acids is 2. The molecule has 1 aliphatic rings. The third kappa shape index (κ3) is 5.31. The molecule has 25 heavy (non-hydrogen) atoms. The van der Waals surface area contributed by atoms with Crippen LogP contribution in [0.3, 0.4) is 0 Å². The number of nitrogens with one attached hydrogen (secondary N) is 2. The van der Waals surface area contributed by atoms with Gasteiger partial charge in [0.2, 0.25) is 5.91 Å². The van der Waals surface area contributed by atoms with E-state index in [-0.39, 0.29) is 17.2 Å². The number of hydrogen-bond donors (Lipinski definition) is 3. The maximum atomic E-state index is 12.4. The summed E-state index contributed by atoms with van der Waals surface area (Å²) in [5.41, 5.74) is 1.18. The molecule has 6 nitrogen and oxygen atoms in total. The molecule has 0 aliphatic heterocycles. The fraction of sp³-hybridized carbons (Fsp3) is 0.526. The normalized spacial score (nSPS) is 20.4. The van der Waals surface area contributed by atoms with Gasteiger partial charge in [0.15, 0.2) is 0 Å². The van der Waals surface area contributed by atoms with Crippen LogP contribution >= 0.6 is 0 Å². The van der Waals surface area contributed by atoms with Crippen molar-refractivity contribution < 1.29 is 19.5 Å². The van der Waals surface area contributed by atoms with Gasteiger partial charge >= 0.3 is 5.97 Å². The zero-order valence-electron chi connectivity index (χ0n) is 15.0. The summed E-state index contributed by atoms with van der Waals surface area (Å²) in [4.78, 5) is 35.2. The fourth-order valence-electron chi connectivity index (χ4n) is 3.21. The molecule has 136 valence electrons. The van der Waals surface area contributed by atoms with E-state index in [0.717, 1.165) is 25.7 Å². The van der Waals surface area contributed by atoms with E-state index in [2.05, 4.69) is 24.5 Å². The minimum absolute atomic E-state index is 0.0168. The lowest BCUT2D eigenvalue weighted by Gasteiger charge is -2.34. The SMILES string of the molecule is CC(NC(=O)c1ccc(NC(=O)C2CCCC(C)(C)C2)cc1)C(=O)O. The molecule has 6 heteroatoms. The Morgan fingerprint density at radius 1 is 1.20 bits per heavy atom. The van der Waals surface area contributed by atoms with Crippen LogP contribution in [0.1, 0.15) is 56.8 Å². The lowest BCUT2D eigenvalue weighted by molar-refractivity contribution is -0.138. The highest BCUT2D eigenvalue weighted by Gasteiger charge is 2.31. The van der Waals surface area contributed by atoms with Crippen molar-refractivity contribution in [1.82, 2.24) is 5.32 Å². The van der Waals surface area contributed by atoms with E-state index < -0.39 is 17.9 Å². The van der Waals surface area contributed by atoms with Crippen LogP contribution < -0.4 is 10.6 Å². The Balaban J connectivity index is 1.94. The molecule has 0 aromatic heterocycles. The van der Waals surface area contributed by atoms with Gasteiger partial charge in [0.1, 0.15) is 6.04 Å². The van der Waals surface area contributed by atoms with Gasteiger partial charge in [-0.2, -0.15) is 0 Å². The second kappa shape index (κ2) is 7.68. The predicted octanol–water partition coefficient (Wildman–Crippen LogP) is 3.04. The number of carboxylic acids is 1. The molecule has 0 saturated heterocycles. The molecule has 0 spiro atoms. The lowest BCUT2D eigenvalue weighted by atomic mass is 9.72. The standard InChI is InChI=1S/C19H26N2O4/c1-12(18(24)25)20-16(22)13-6-8-15(9-7-13)21-17(23)14-5-4-10-19(2,3)11-14/h6-9,12,14H,4-5,10-11H2,1-3H3,(H,20,22)(H,21,23)(H,24,25). The van der Waals surface area contributed by atoms with Crippen LogP contribution in [0.2, 0.25) is 0 Å². The van der Waals surface area contributed by atoms with Crippen molar-refractivity contribution in [2.45, 2.75) is 52.5 Å². The molecule has 2 atom stereocenters. The molecule has 2 rings (SSSR count). The predicted molar refractivity (Wildman–Crippen MR) is 95.4 cm³/mol. The minimum Gasteiger partial charge on any atom is -0.480 e. The van der Waals surface area contributed by atoms with Crippen LogP contribution in [0, 0.1) is 11.3 Å². The Hall–Kier alpha value is -2.37. The highest BCUT2D eigenvalue weighted by atomic mass is 16.4. The maximum absolute atomic E-state index is 12.4. The van der Waals surface area contributed by atoms with Gasteiger partial charge in [-0.25, -0.2) is 0 Å². The Kier molecular flexibility index (Phi) is 5.82. The quantitative estimate of drug-likeness (QED) is 0.763. The lowest BCUT2D eigenvalue weighted by Crippen LogP contribution is -2.38. The topological polar surface area (TPSA) is 95.5 Å². The molecule has 1 saturated carbocycles. The Morgan fingerprint density at radius 2 is 1.84 bits per heavy atom. The Labute approximate surface area is 148 Å². The maximum Gasteiger partial charge on any atom is 0.325 e. The molecular formula is C19H26N2O4. The van der Waals surface area contributed by atoms with E-state index >= 15 is 0 Å². The second-order valence-corrected chi connectivity index (χ2v) is 7.56. The van der Waals surface area contributed by atoms with Crippen molar-refractivity contribution in [3.05, 3.63) is 29.8 Å². The van der Waals surface area contributed by atoms with Crippen LogP contribution in [0.5, 0.6) is 0 Å². The molecule has 2 amide bonds. The fourth-order valence-corrected chi connectivity index (χ4v) is 3.21. The number of rotatable bonds is 5. The molecule has 1 aromatic carbocycles. The van der Waals surface area contributed by atoms with Crippen LogP contribution in [-0.4, -0.2) is 28.9 Å². The number of aliphatic carboxylic acids is 1. The van der Waals surface area contributed by atoms with Crippen molar-refractivity contribution in [2.75, 3.05) is 5.32 Å². The number of anilines is 1. The Morgan fingerprint density at radius 3 is 2.40 bits per heavy atom. The molecule has 1 aliphatic carbocycles. The number of amides is 2. The first-order chi connectivity index (χ1) is 11.7. The summed E-state index contributed by atoms with van der Waals surface area (Å²) in [5, 5.41) is 14.1. The molecule has 1 aromatic rings. The van der Waals surface area contributed by atoms with E-state index in [1.54, 1.807) is 24.3 Å². The second-order valence-electron chi connectivity index (χ2n) is 7.56. The summed E-state index contributed by atoms with van der Waals surface area (Å²) in [6, 6.07) is 5.51. The van der Waals surface area contributed by atoms with Gasteiger partial charge in [-0.3, -0.25) is 14.4 Å². The summed E-state index contributed by atoms with van der Waals surface area (Å²) in [6.45, 7) is 5.79. The third-order valence-corrected chi connectivity index (χ3v) is 4.71. The van der Waals surface area contributed by atoms with Gasteiger partial charge in [-0.15, -0.1) is 0 Å². The number of benzene rings is 1. The van der Waals surface area contributed by atoms with Gasteiger partial charge in [0.05, 0.1) is 0 Å². The first-order valence-electron chi connectivity index (χ1n) is 8.62. The van der Waals surface area contributed by atoms with E-state index in [9.17, 15) is 14.4 Å². The molecule has 1 fully saturated rings. The first-order valence-corrected chi connectivity index (χ1v) is 8.62. The molecule has 2 unspecified atom stereocenters. The van der Waals surface area contributed by atoms with Crippen LogP contribution in [0.4, 0.5) is 5.69 Å². The number of carboxylic acid groups (broad SMARTS) is 1. The van der Waals surface area contributed by atoms with Gasteiger partial charge in [0.25, 0.3) is 5.91 Å². The van der Waals surface area contributed by atoms with E-state index in [4.69, 9.17) is 5.11 Å². The van der Waals surface area contributed by atoms with Crippen molar-refractivity contribution in [3.8, 4) is 0 Å². The van der Waals surface area contributed by atoms with Gasteiger partial charge in [0, 0.05) is 17.2 Å². The zero-order chi connectivity index (χ0) is 18.6. The van der Waals surface area contributed by atoms with Gasteiger partial charge < -0.3 is 15.7 Å². The number of carbonyl (C=O) groups is 3. The summed E-state index contributed by atoms with van der Waals surface area (Å²) in [5.74, 6) is -1.51. The van der Waals surface area contributed by atoms with Crippen molar-refractivity contribution in [2.24, 2.45) is 11.3 Å². The zero-order valence-corrected chi connectivity index (χ0v) is 15.0. The Bertz CT molecular complexity index is 652. The molecule has 3 N–H and O–H groups in total. The average Bonchev–Trinajstić information content (AvgIpc) is 2.54. The summed E-state index contributed by atoms with van der Waals surface area (Å²) in [6.07, 6.45) is 4.00. The molecule has 0 radical (unpaired) electrons. The average molecular weight is 346 g/mol. The van der Waals surface area contributed by atoms with Crippen LogP contribution in [0.25, 0.3) is 0 Å². The van der Waals surface area contributed by atoms with E-state index in [0.29, 0.717) is 11.3 Å². The first kappa shape index (κ1) is 19.0. The highest BCUT2D eigenvalue weighted by molar-refractivity contribution is 5.97.